The number of fused-ring (bicyclic) bond motifs is 1. The lowest BCUT2D eigenvalue weighted by Gasteiger charge is -2.15. The van der Waals surface area contributed by atoms with Gasteiger partial charge < -0.3 is 4.57 Å². The summed E-state index contributed by atoms with van der Waals surface area (Å²) >= 11 is 9.87. The fourth-order valence-electron chi connectivity index (χ4n) is 2.30. The fourth-order valence-corrected chi connectivity index (χ4v) is 3.73. The van der Waals surface area contributed by atoms with Crippen LogP contribution in [0.25, 0.3) is 11.0 Å². The number of imidazole rings is 1. The third kappa shape index (κ3) is 2.49. The molecule has 0 saturated heterocycles. The molecule has 1 aliphatic rings. The Morgan fingerprint density at radius 2 is 2.26 bits per heavy atom. The molecule has 1 heterocycles. The molecule has 0 N–H and O–H groups in total. The number of alkyl halides is 1. The van der Waals surface area contributed by atoms with Crippen molar-refractivity contribution in [2.45, 2.75) is 30.0 Å². The average Bonchev–Trinajstić information content (AvgIpc) is 3.10. The molecule has 2 nitrogen and oxygen atoms in total. The van der Waals surface area contributed by atoms with Crippen LogP contribution in [0.5, 0.6) is 0 Å². The first-order valence-electron chi connectivity index (χ1n) is 6.04. The van der Waals surface area contributed by atoms with E-state index in [4.69, 9.17) is 11.6 Å². The molecule has 1 fully saturated rings. The van der Waals surface area contributed by atoms with E-state index in [-0.39, 0.29) is 5.82 Å². The predicted molar refractivity (Wildman–Crippen MR) is 87.4 cm³/mol. The lowest BCUT2D eigenvalue weighted by molar-refractivity contribution is 0.617. The zero-order valence-electron chi connectivity index (χ0n) is 10.4. The number of benzene rings is 1. The fraction of sp³-hybridized carbons (Fsp3) is 0.462. The summed E-state index contributed by atoms with van der Waals surface area (Å²) in [7, 11) is 0. The quantitative estimate of drug-likeness (QED) is 0.549. The van der Waals surface area contributed by atoms with Gasteiger partial charge in [0.25, 0.3) is 0 Å². The lowest BCUT2D eigenvalue weighted by Crippen LogP contribution is -2.15. The highest BCUT2D eigenvalue weighted by Crippen LogP contribution is 2.49. The summed E-state index contributed by atoms with van der Waals surface area (Å²) in [6, 6.07) is 3.37. The van der Waals surface area contributed by atoms with Gasteiger partial charge in [-0.15, -0.1) is 11.6 Å². The van der Waals surface area contributed by atoms with Gasteiger partial charge in [-0.1, -0.05) is 0 Å². The Balaban J connectivity index is 2.12. The van der Waals surface area contributed by atoms with Crippen molar-refractivity contribution in [2.75, 3.05) is 6.26 Å². The van der Waals surface area contributed by atoms with Crippen LogP contribution in [0.1, 0.15) is 18.7 Å². The molecule has 0 aliphatic heterocycles. The molecule has 1 aliphatic carbocycles. The zero-order chi connectivity index (χ0) is 13.6. The summed E-state index contributed by atoms with van der Waals surface area (Å²) in [5.74, 6) is 1.000. The predicted octanol–water partition coefficient (Wildman–Crippen LogP) is 4.41. The highest BCUT2D eigenvalue weighted by molar-refractivity contribution is 14.1. The SMILES string of the molecule is CSC1(Cn2c(CCl)nc3cc(I)c(F)cc32)CC1. The summed E-state index contributed by atoms with van der Waals surface area (Å²) in [4.78, 5) is 4.53. The van der Waals surface area contributed by atoms with E-state index in [1.165, 1.54) is 12.8 Å². The van der Waals surface area contributed by atoms with E-state index >= 15 is 0 Å². The zero-order valence-corrected chi connectivity index (χ0v) is 14.1. The van der Waals surface area contributed by atoms with Crippen molar-refractivity contribution in [3.8, 4) is 0 Å². The van der Waals surface area contributed by atoms with Crippen LogP contribution in [0.3, 0.4) is 0 Å². The lowest BCUT2D eigenvalue weighted by atomic mass is 10.3. The summed E-state index contributed by atoms with van der Waals surface area (Å²) in [5, 5.41) is 0. The van der Waals surface area contributed by atoms with Crippen LogP contribution >= 0.6 is 46.0 Å². The van der Waals surface area contributed by atoms with Gasteiger partial charge in [0.15, 0.2) is 0 Å². The minimum Gasteiger partial charge on any atom is -0.325 e. The summed E-state index contributed by atoms with van der Waals surface area (Å²) in [6.07, 6.45) is 4.56. The molecule has 1 saturated carbocycles. The van der Waals surface area contributed by atoms with E-state index in [9.17, 15) is 4.39 Å². The van der Waals surface area contributed by atoms with Gasteiger partial charge >= 0.3 is 0 Å². The third-order valence-corrected chi connectivity index (χ3v) is 6.14. The van der Waals surface area contributed by atoms with Crippen molar-refractivity contribution in [2.24, 2.45) is 0 Å². The molecule has 102 valence electrons. The molecule has 2 aromatic rings. The van der Waals surface area contributed by atoms with Crippen molar-refractivity contribution < 1.29 is 4.39 Å². The van der Waals surface area contributed by atoms with Gasteiger partial charge in [0.1, 0.15) is 11.6 Å². The largest absolute Gasteiger partial charge is 0.325 e. The average molecular weight is 411 g/mol. The minimum atomic E-state index is -0.190. The number of hydrogen-bond donors (Lipinski definition) is 0. The van der Waals surface area contributed by atoms with Gasteiger partial charge in [0.05, 0.1) is 20.5 Å². The smallest absolute Gasteiger partial charge is 0.138 e. The molecule has 3 rings (SSSR count). The number of thioether (sulfide) groups is 1. The second kappa shape index (κ2) is 5.07. The van der Waals surface area contributed by atoms with E-state index in [1.54, 1.807) is 12.1 Å². The van der Waals surface area contributed by atoms with Crippen molar-refractivity contribution in [3.05, 3.63) is 27.3 Å². The summed E-state index contributed by atoms with van der Waals surface area (Å²) in [5.41, 5.74) is 1.69. The molecule has 0 radical (unpaired) electrons. The molecular formula is C13H13ClFIN2S. The van der Waals surface area contributed by atoms with Crippen LogP contribution in [0.15, 0.2) is 12.1 Å². The van der Waals surface area contributed by atoms with Gasteiger partial charge in [-0.2, -0.15) is 11.8 Å². The van der Waals surface area contributed by atoms with Gasteiger partial charge in [-0.25, -0.2) is 9.37 Å². The Bertz CT molecular complexity index is 639. The van der Waals surface area contributed by atoms with E-state index < -0.39 is 0 Å². The molecule has 1 aromatic heterocycles. The van der Waals surface area contributed by atoms with Gasteiger partial charge in [-0.3, -0.25) is 0 Å². The number of rotatable bonds is 4. The highest BCUT2D eigenvalue weighted by Gasteiger charge is 2.42. The number of hydrogen-bond acceptors (Lipinski definition) is 2. The first kappa shape index (κ1) is 13.9. The molecule has 0 bridgehead atoms. The van der Waals surface area contributed by atoms with Crippen LogP contribution < -0.4 is 0 Å². The molecule has 19 heavy (non-hydrogen) atoms. The minimum absolute atomic E-state index is 0.190. The van der Waals surface area contributed by atoms with Gasteiger partial charge in [0, 0.05) is 17.4 Å². The second-order valence-corrected chi connectivity index (χ2v) is 7.59. The Morgan fingerprint density at radius 3 is 2.84 bits per heavy atom. The Morgan fingerprint density at radius 1 is 1.53 bits per heavy atom. The normalized spacial score (nSPS) is 17.1. The first-order chi connectivity index (χ1) is 9.08. The van der Waals surface area contributed by atoms with E-state index in [0.29, 0.717) is 14.2 Å². The Labute approximate surface area is 134 Å². The molecular weight excluding hydrogens is 398 g/mol. The maximum absolute atomic E-state index is 13.8. The molecule has 0 amide bonds. The topological polar surface area (TPSA) is 17.8 Å². The highest BCUT2D eigenvalue weighted by atomic mass is 127. The molecule has 6 heteroatoms. The monoisotopic (exact) mass is 410 g/mol. The van der Waals surface area contributed by atoms with Crippen molar-refractivity contribution >= 4 is 57.0 Å². The van der Waals surface area contributed by atoms with Crippen LogP contribution in [0.2, 0.25) is 0 Å². The summed E-state index contributed by atoms with van der Waals surface area (Å²) < 4.78 is 16.8. The van der Waals surface area contributed by atoms with Crippen molar-refractivity contribution in [1.29, 1.82) is 0 Å². The van der Waals surface area contributed by atoms with E-state index in [2.05, 4.69) is 15.8 Å². The Kier molecular flexibility index (Phi) is 3.73. The van der Waals surface area contributed by atoms with Crippen LogP contribution in [0.4, 0.5) is 4.39 Å². The standard InChI is InChI=1S/C13H13ClFIN2S/c1-19-13(2-3-13)7-18-11-4-8(15)9(16)5-10(11)17-12(18)6-14/h4-5H,2-3,6-7H2,1H3. The summed E-state index contributed by atoms with van der Waals surface area (Å²) in [6.45, 7) is 0.868. The van der Waals surface area contributed by atoms with Crippen LogP contribution in [-0.4, -0.2) is 20.6 Å². The third-order valence-electron chi connectivity index (χ3n) is 3.68. The van der Waals surface area contributed by atoms with E-state index in [1.807, 2.05) is 34.4 Å². The number of nitrogens with zero attached hydrogens (tertiary/aromatic N) is 2. The molecule has 0 spiro atoms. The number of halogens is 3. The first-order valence-corrected chi connectivity index (χ1v) is 8.88. The maximum atomic E-state index is 13.8. The second-order valence-electron chi connectivity index (χ2n) is 4.89. The van der Waals surface area contributed by atoms with Crippen molar-refractivity contribution in [3.63, 3.8) is 0 Å². The van der Waals surface area contributed by atoms with Crippen molar-refractivity contribution in [1.82, 2.24) is 9.55 Å². The molecule has 0 atom stereocenters. The van der Waals surface area contributed by atoms with E-state index in [0.717, 1.165) is 23.4 Å². The maximum Gasteiger partial charge on any atom is 0.138 e. The molecule has 0 unspecified atom stereocenters. The van der Waals surface area contributed by atoms with Gasteiger partial charge in [-0.05, 0) is 47.8 Å². The van der Waals surface area contributed by atoms with Crippen LogP contribution in [0, 0.1) is 9.39 Å². The van der Waals surface area contributed by atoms with Gasteiger partial charge in [0.2, 0.25) is 0 Å². The Hall–Kier alpha value is -0.0100. The number of aromatic nitrogens is 2. The van der Waals surface area contributed by atoms with Crippen LogP contribution in [-0.2, 0) is 12.4 Å². The molecule has 1 aromatic carbocycles.